The molecule has 0 unspecified atom stereocenters. The summed E-state index contributed by atoms with van der Waals surface area (Å²) in [4.78, 5) is 4.45. The van der Waals surface area contributed by atoms with Gasteiger partial charge in [-0.15, -0.1) is 12.4 Å². The zero-order valence-electron chi connectivity index (χ0n) is 8.88. The van der Waals surface area contributed by atoms with Crippen molar-refractivity contribution in [3.63, 3.8) is 0 Å². The molecule has 0 bridgehead atoms. The summed E-state index contributed by atoms with van der Waals surface area (Å²) in [6.07, 6.45) is 3.87. The third-order valence-electron chi connectivity index (χ3n) is 2.50. The van der Waals surface area contributed by atoms with Gasteiger partial charge in [0.2, 0.25) is 0 Å². The van der Waals surface area contributed by atoms with Crippen LogP contribution >= 0.6 is 12.4 Å². The summed E-state index contributed by atoms with van der Waals surface area (Å²) in [5.74, 6) is -0.229. The lowest BCUT2D eigenvalue weighted by atomic mass is 10.2. The molecule has 2 nitrogen and oxygen atoms in total. The molecule has 0 spiro atoms. The van der Waals surface area contributed by atoms with Crippen molar-refractivity contribution in [2.45, 2.75) is 0 Å². The fourth-order valence-corrected chi connectivity index (χ4v) is 1.69. The molecule has 2 heterocycles. The molecule has 1 aromatic carbocycles. The van der Waals surface area contributed by atoms with Crippen molar-refractivity contribution in [3.8, 4) is 11.3 Å². The fraction of sp³-hybridized carbons (Fsp3) is 0. The average Bonchev–Trinajstić information content (AvgIpc) is 2.73. The Balaban J connectivity index is 0.00000108. The Bertz CT molecular complexity index is 598. The zero-order chi connectivity index (χ0) is 11.0. The van der Waals surface area contributed by atoms with Gasteiger partial charge in [-0.1, -0.05) is 6.07 Å². The zero-order valence-corrected chi connectivity index (χ0v) is 9.69. The van der Waals surface area contributed by atoms with Crippen LogP contribution in [-0.4, -0.2) is 9.38 Å². The van der Waals surface area contributed by atoms with Gasteiger partial charge in [0.05, 0.1) is 5.69 Å². The van der Waals surface area contributed by atoms with E-state index in [2.05, 4.69) is 4.98 Å². The first-order valence-corrected chi connectivity index (χ1v) is 5.02. The number of fused-ring (bicyclic) bond motifs is 1. The standard InChI is InChI=1S/C13H9FN2.ClH/c14-11-6-4-10(5-7-11)12-9-16-8-2-1-3-13(16)15-12;/h1-9H;1H. The Morgan fingerprint density at radius 1 is 1.00 bits per heavy atom. The number of hydrogen-bond acceptors (Lipinski definition) is 1. The number of aromatic nitrogens is 2. The lowest BCUT2D eigenvalue weighted by Gasteiger charge is -1.94. The molecule has 3 rings (SSSR count). The van der Waals surface area contributed by atoms with E-state index in [0.717, 1.165) is 16.9 Å². The maximum Gasteiger partial charge on any atom is 0.137 e. The molecule has 0 aliphatic rings. The molecule has 17 heavy (non-hydrogen) atoms. The van der Waals surface area contributed by atoms with E-state index in [0.29, 0.717) is 0 Å². The number of halogens is 2. The minimum absolute atomic E-state index is 0. The monoisotopic (exact) mass is 248 g/mol. The van der Waals surface area contributed by atoms with Crippen molar-refractivity contribution < 1.29 is 4.39 Å². The lowest BCUT2D eigenvalue weighted by molar-refractivity contribution is 0.628. The number of rotatable bonds is 1. The van der Waals surface area contributed by atoms with E-state index in [-0.39, 0.29) is 18.2 Å². The van der Waals surface area contributed by atoms with Gasteiger partial charge in [0.25, 0.3) is 0 Å². The smallest absolute Gasteiger partial charge is 0.137 e. The van der Waals surface area contributed by atoms with Gasteiger partial charge in [-0.3, -0.25) is 0 Å². The predicted octanol–water partition coefficient (Wildman–Crippen LogP) is 3.56. The van der Waals surface area contributed by atoms with Crippen molar-refractivity contribution in [1.82, 2.24) is 9.38 Å². The molecular weight excluding hydrogens is 239 g/mol. The van der Waals surface area contributed by atoms with Crippen LogP contribution in [0.1, 0.15) is 0 Å². The third-order valence-corrected chi connectivity index (χ3v) is 2.50. The molecule has 0 saturated heterocycles. The van der Waals surface area contributed by atoms with Crippen molar-refractivity contribution in [3.05, 3.63) is 60.7 Å². The van der Waals surface area contributed by atoms with Crippen molar-refractivity contribution in [1.29, 1.82) is 0 Å². The van der Waals surface area contributed by atoms with Gasteiger partial charge in [0.1, 0.15) is 11.5 Å². The van der Waals surface area contributed by atoms with Crippen LogP contribution in [0.3, 0.4) is 0 Å². The minimum atomic E-state index is -0.229. The molecule has 0 aliphatic heterocycles. The Labute approximate surface area is 104 Å². The van der Waals surface area contributed by atoms with Crippen LogP contribution in [-0.2, 0) is 0 Å². The minimum Gasteiger partial charge on any atom is -0.306 e. The fourth-order valence-electron chi connectivity index (χ4n) is 1.69. The second-order valence-corrected chi connectivity index (χ2v) is 3.60. The maximum absolute atomic E-state index is 12.8. The van der Waals surface area contributed by atoms with Gasteiger partial charge in [0.15, 0.2) is 0 Å². The van der Waals surface area contributed by atoms with E-state index in [1.54, 1.807) is 12.1 Å². The number of pyridine rings is 1. The highest BCUT2D eigenvalue weighted by molar-refractivity contribution is 5.85. The second kappa shape index (κ2) is 4.55. The van der Waals surface area contributed by atoms with E-state index >= 15 is 0 Å². The predicted molar refractivity (Wildman–Crippen MR) is 67.8 cm³/mol. The molecule has 0 saturated carbocycles. The van der Waals surface area contributed by atoms with Gasteiger partial charge in [0, 0.05) is 18.0 Å². The number of benzene rings is 1. The summed E-state index contributed by atoms with van der Waals surface area (Å²) in [6.45, 7) is 0. The van der Waals surface area contributed by atoms with Gasteiger partial charge in [-0.05, 0) is 36.4 Å². The SMILES string of the molecule is Cl.Fc1ccc(-c2cn3ccccc3n2)cc1. The van der Waals surface area contributed by atoms with Gasteiger partial charge >= 0.3 is 0 Å². The first-order chi connectivity index (χ1) is 7.83. The highest BCUT2D eigenvalue weighted by atomic mass is 35.5. The van der Waals surface area contributed by atoms with Crippen molar-refractivity contribution in [2.75, 3.05) is 0 Å². The Hall–Kier alpha value is -1.87. The van der Waals surface area contributed by atoms with Crippen LogP contribution in [0, 0.1) is 5.82 Å². The van der Waals surface area contributed by atoms with Crippen LogP contribution in [0.2, 0.25) is 0 Å². The molecule has 0 atom stereocenters. The normalized spacial score (nSPS) is 10.2. The summed E-state index contributed by atoms with van der Waals surface area (Å²) in [5.41, 5.74) is 2.66. The molecule has 0 amide bonds. The molecule has 0 aliphatic carbocycles. The second-order valence-electron chi connectivity index (χ2n) is 3.60. The van der Waals surface area contributed by atoms with Crippen molar-refractivity contribution >= 4 is 18.1 Å². The van der Waals surface area contributed by atoms with Crippen LogP contribution < -0.4 is 0 Å². The quantitative estimate of drug-likeness (QED) is 0.644. The third kappa shape index (κ3) is 2.15. The lowest BCUT2D eigenvalue weighted by Crippen LogP contribution is -1.77. The van der Waals surface area contributed by atoms with Crippen LogP contribution in [0.25, 0.3) is 16.9 Å². The van der Waals surface area contributed by atoms with Gasteiger partial charge in [-0.25, -0.2) is 9.37 Å². The summed E-state index contributed by atoms with van der Waals surface area (Å²) < 4.78 is 14.7. The average molecular weight is 249 g/mol. The van der Waals surface area contributed by atoms with E-state index in [1.807, 2.05) is 35.0 Å². The molecule has 0 radical (unpaired) electrons. The number of hydrogen-bond donors (Lipinski definition) is 0. The van der Waals surface area contributed by atoms with Crippen LogP contribution in [0.5, 0.6) is 0 Å². The Kier molecular flexibility index (Phi) is 3.11. The summed E-state index contributed by atoms with van der Waals surface area (Å²) in [5, 5.41) is 0. The Morgan fingerprint density at radius 3 is 2.47 bits per heavy atom. The molecule has 4 heteroatoms. The summed E-state index contributed by atoms with van der Waals surface area (Å²) in [7, 11) is 0. The first-order valence-electron chi connectivity index (χ1n) is 5.02. The highest BCUT2D eigenvalue weighted by Gasteiger charge is 2.03. The Morgan fingerprint density at radius 2 is 1.76 bits per heavy atom. The molecule has 86 valence electrons. The topological polar surface area (TPSA) is 17.3 Å². The van der Waals surface area contributed by atoms with Crippen LogP contribution in [0.15, 0.2) is 54.9 Å². The largest absolute Gasteiger partial charge is 0.306 e. The number of nitrogens with zero attached hydrogens (tertiary/aromatic N) is 2. The van der Waals surface area contributed by atoms with Gasteiger partial charge < -0.3 is 4.40 Å². The van der Waals surface area contributed by atoms with E-state index in [1.165, 1.54) is 12.1 Å². The van der Waals surface area contributed by atoms with E-state index in [4.69, 9.17) is 0 Å². The van der Waals surface area contributed by atoms with Gasteiger partial charge in [-0.2, -0.15) is 0 Å². The molecule has 0 fully saturated rings. The molecule has 3 aromatic rings. The first kappa shape index (κ1) is 11.6. The van der Waals surface area contributed by atoms with E-state index < -0.39 is 0 Å². The molecule has 0 N–H and O–H groups in total. The number of imidazole rings is 1. The van der Waals surface area contributed by atoms with Crippen LogP contribution in [0.4, 0.5) is 4.39 Å². The molecular formula is C13H10ClFN2. The summed E-state index contributed by atoms with van der Waals surface area (Å²) in [6, 6.07) is 12.2. The van der Waals surface area contributed by atoms with E-state index in [9.17, 15) is 4.39 Å². The summed E-state index contributed by atoms with van der Waals surface area (Å²) >= 11 is 0. The molecule has 2 aromatic heterocycles. The van der Waals surface area contributed by atoms with Crippen molar-refractivity contribution in [2.24, 2.45) is 0 Å². The maximum atomic E-state index is 12.8. The highest BCUT2D eigenvalue weighted by Crippen LogP contribution is 2.19.